The quantitative estimate of drug-likeness (QED) is 0.660. The van der Waals surface area contributed by atoms with Gasteiger partial charge in [0.05, 0.1) is 0 Å². The monoisotopic (exact) mass is 178 g/mol. The molecule has 0 radical (unpaired) electrons. The third-order valence-corrected chi connectivity index (χ3v) is 2.26. The molecule has 0 bridgehead atoms. The topological polar surface area (TPSA) is 0 Å². The van der Waals surface area contributed by atoms with E-state index in [1.54, 1.807) is 0 Å². The predicted octanol–water partition coefficient (Wildman–Crippen LogP) is 3.25. The van der Waals surface area contributed by atoms with Gasteiger partial charge in [0.2, 0.25) is 0 Å². The summed E-state index contributed by atoms with van der Waals surface area (Å²) in [5, 5.41) is 0. The van der Waals surface area contributed by atoms with Gasteiger partial charge in [-0.1, -0.05) is 30.4 Å². The Labute approximate surface area is 79.7 Å². The largest absolute Gasteiger partial charge is 0.175 e. The molecule has 0 saturated heterocycles. The number of hydrogen-bond acceptors (Lipinski definition) is 1. The van der Waals surface area contributed by atoms with Crippen LogP contribution in [0, 0.1) is 13.8 Å². The first-order valence-electron chi connectivity index (χ1n) is 4.09. The molecule has 1 heteroatoms. The van der Waals surface area contributed by atoms with Crippen molar-refractivity contribution < 1.29 is 0 Å². The molecule has 0 atom stereocenters. The van der Waals surface area contributed by atoms with Crippen molar-refractivity contribution in [3.8, 4) is 0 Å². The van der Waals surface area contributed by atoms with Crippen molar-refractivity contribution in [1.82, 2.24) is 0 Å². The van der Waals surface area contributed by atoms with Crippen molar-refractivity contribution in [3.05, 3.63) is 41.0 Å². The summed E-state index contributed by atoms with van der Waals surface area (Å²) in [6.45, 7) is 4.28. The molecule has 0 amide bonds. The summed E-state index contributed by atoms with van der Waals surface area (Å²) < 4.78 is 0. The zero-order chi connectivity index (χ0) is 8.97. The molecule has 0 fully saturated rings. The van der Waals surface area contributed by atoms with E-state index in [4.69, 9.17) is 0 Å². The molecule has 0 saturated carbocycles. The van der Waals surface area contributed by atoms with Gasteiger partial charge in [-0.15, -0.1) is 0 Å². The van der Waals surface area contributed by atoms with Gasteiger partial charge in [0.15, 0.2) is 0 Å². The number of thiol groups is 1. The smallest absolute Gasteiger partial charge is 0.00858 e. The molecular weight excluding hydrogens is 164 g/mol. The number of rotatable bonds is 2. The summed E-state index contributed by atoms with van der Waals surface area (Å²) in [4.78, 5) is 0. The van der Waals surface area contributed by atoms with Crippen molar-refractivity contribution in [2.24, 2.45) is 0 Å². The lowest BCUT2D eigenvalue weighted by atomic mass is 10.0. The Bertz CT molecular complexity index is 287. The highest BCUT2D eigenvalue weighted by molar-refractivity contribution is 7.80. The van der Waals surface area contributed by atoms with Crippen LogP contribution in [0.25, 0.3) is 6.08 Å². The highest BCUT2D eigenvalue weighted by Gasteiger charge is 1.94. The van der Waals surface area contributed by atoms with Gasteiger partial charge in [0.1, 0.15) is 0 Å². The van der Waals surface area contributed by atoms with Gasteiger partial charge in [0, 0.05) is 5.75 Å². The number of hydrogen-bond donors (Lipinski definition) is 1. The van der Waals surface area contributed by atoms with Crippen LogP contribution in [0.3, 0.4) is 0 Å². The molecule has 0 nitrogen and oxygen atoms in total. The fourth-order valence-corrected chi connectivity index (χ4v) is 1.24. The van der Waals surface area contributed by atoms with Crippen LogP contribution in [0.15, 0.2) is 24.3 Å². The second-order valence-electron chi connectivity index (χ2n) is 2.87. The third-order valence-electron chi connectivity index (χ3n) is 2.05. The van der Waals surface area contributed by atoms with Crippen LogP contribution in [-0.4, -0.2) is 5.75 Å². The van der Waals surface area contributed by atoms with Crippen LogP contribution in [0.5, 0.6) is 0 Å². The molecule has 0 heterocycles. The van der Waals surface area contributed by atoms with Crippen LogP contribution in [0.1, 0.15) is 16.7 Å². The van der Waals surface area contributed by atoms with Crippen LogP contribution in [0.4, 0.5) is 0 Å². The highest BCUT2D eigenvalue weighted by Crippen LogP contribution is 2.13. The van der Waals surface area contributed by atoms with Gasteiger partial charge in [-0.05, 0) is 30.5 Å². The van der Waals surface area contributed by atoms with E-state index in [1.165, 1.54) is 16.7 Å². The molecule has 1 aromatic rings. The third kappa shape index (κ3) is 2.15. The SMILES string of the molecule is Cc1cccc(C=CCS)c1C. The molecule has 0 aliphatic carbocycles. The zero-order valence-electron chi connectivity index (χ0n) is 7.54. The first-order valence-corrected chi connectivity index (χ1v) is 4.72. The van der Waals surface area contributed by atoms with E-state index in [-0.39, 0.29) is 0 Å². The minimum Gasteiger partial charge on any atom is -0.175 e. The van der Waals surface area contributed by atoms with Crippen molar-refractivity contribution in [2.75, 3.05) is 5.75 Å². The molecule has 0 aliphatic heterocycles. The Morgan fingerprint density at radius 1 is 1.33 bits per heavy atom. The first-order chi connectivity index (χ1) is 5.75. The fraction of sp³-hybridized carbons (Fsp3) is 0.273. The highest BCUT2D eigenvalue weighted by atomic mass is 32.1. The van der Waals surface area contributed by atoms with Crippen molar-refractivity contribution >= 4 is 18.7 Å². The summed E-state index contributed by atoms with van der Waals surface area (Å²) >= 11 is 4.12. The average molecular weight is 178 g/mol. The van der Waals surface area contributed by atoms with Crippen LogP contribution in [-0.2, 0) is 0 Å². The van der Waals surface area contributed by atoms with Gasteiger partial charge >= 0.3 is 0 Å². The van der Waals surface area contributed by atoms with E-state index in [2.05, 4.69) is 56.8 Å². The van der Waals surface area contributed by atoms with Crippen molar-refractivity contribution in [3.63, 3.8) is 0 Å². The molecule has 0 spiro atoms. The summed E-state index contributed by atoms with van der Waals surface area (Å²) in [6, 6.07) is 6.34. The van der Waals surface area contributed by atoms with E-state index in [0.717, 1.165) is 5.75 Å². The lowest BCUT2D eigenvalue weighted by molar-refractivity contribution is 1.32. The van der Waals surface area contributed by atoms with Crippen LogP contribution >= 0.6 is 12.6 Å². The molecule has 1 aromatic carbocycles. The second-order valence-corrected chi connectivity index (χ2v) is 3.24. The minimum absolute atomic E-state index is 0.799. The van der Waals surface area contributed by atoms with Gasteiger partial charge < -0.3 is 0 Å². The zero-order valence-corrected chi connectivity index (χ0v) is 8.44. The van der Waals surface area contributed by atoms with E-state index in [1.807, 2.05) is 0 Å². The molecule has 64 valence electrons. The lowest BCUT2D eigenvalue weighted by Gasteiger charge is -2.02. The maximum atomic E-state index is 4.12. The number of benzene rings is 1. The van der Waals surface area contributed by atoms with Gasteiger partial charge in [-0.3, -0.25) is 0 Å². The van der Waals surface area contributed by atoms with E-state index < -0.39 is 0 Å². The summed E-state index contributed by atoms with van der Waals surface area (Å²) in [5.74, 6) is 0.799. The average Bonchev–Trinajstić information content (AvgIpc) is 2.08. The van der Waals surface area contributed by atoms with Crippen molar-refractivity contribution in [1.29, 1.82) is 0 Å². The van der Waals surface area contributed by atoms with Crippen LogP contribution < -0.4 is 0 Å². The molecule has 1 rings (SSSR count). The Morgan fingerprint density at radius 3 is 2.75 bits per heavy atom. The Morgan fingerprint density at radius 2 is 2.08 bits per heavy atom. The normalized spacial score (nSPS) is 10.9. The van der Waals surface area contributed by atoms with Crippen molar-refractivity contribution in [2.45, 2.75) is 13.8 Å². The Balaban J connectivity index is 3.00. The first kappa shape index (κ1) is 9.40. The standard InChI is InChI=1S/C11H14S/c1-9-5-3-6-11(10(9)2)7-4-8-12/h3-7,12H,8H2,1-2H3. The molecule has 0 N–H and O–H groups in total. The Kier molecular flexibility index (Phi) is 3.42. The van der Waals surface area contributed by atoms with Crippen LogP contribution in [0.2, 0.25) is 0 Å². The van der Waals surface area contributed by atoms with Gasteiger partial charge in [-0.25, -0.2) is 0 Å². The molecule has 0 aromatic heterocycles. The molecule has 0 unspecified atom stereocenters. The maximum absolute atomic E-state index is 4.12. The summed E-state index contributed by atoms with van der Waals surface area (Å²) in [7, 11) is 0. The Hall–Kier alpha value is -0.690. The number of aryl methyl sites for hydroxylation is 1. The molecule has 12 heavy (non-hydrogen) atoms. The second kappa shape index (κ2) is 4.36. The van der Waals surface area contributed by atoms with Gasteiger partial charge in [-0.2, -0.15) is 12.6 Å². The minimum atomic E-state index is 0.799. The molecule has 0 aliphatic rings. The van der Waals surface area contributed by atoms with Gasteiger partial charge in [0.25, 0.3) is 0 Å². The lowest BCUT2D eigenvalue weighted by Crippen LogP contribution is -1.84. The fourth-order valence-electron chi connectivity index (χ4n) is 1.13. The summed E-state index contributed by atoms with van der Waals surface area (Å²) in [6.07, 6.45) is 4.18. The molecular formula is C11H14S. The maximum Gasteiger partial charge on any atom is 0.00858 e. The summed E-state index contributed by atoms with van der Waals surface area (Å²) in [5.41, 5.74) is 4.00. The van der Waals surface area contributed by atoms with E-state index >= 15 is 0 Å². The van der Waals surface area contributed by atoms with E-state index in [0.29, 0.717) is 0 Å². The predicted molar refractivity (Wildman–Crippen MR) is 58.8 cm³/mol. The van der Waals surface area contributed by atoms with E-state index in [9.17, 15) is 0 Å².